The summed E-state index contributed by atoms with van der Waals surface area (Å²) in [4.78, 5) is 27.5. The Morgan fingerprint density at radius 2 is 1.72 bits per heavy atom. The number of amides is 1. The Kier molecular flexibility index (Phi) is 8.84. The number of ether oxygens (including phenoxy) is 2. The number of carbonyl (C=O) groups excluding carboxylic acids is 2. The molecule has 36 heavy (non-hydrogen) atoms. The first-order chi connectivity index (χ1) is 17.4. The van der Waals surface area contributed by atoms with Crippen LogP contribution in [-0.4, -0.2) is 70.6 Å². The van der Waals surface area contributed by atoms with Crippen molar-refractivity contribution in [2.45, 2.75) is 30.7 Å². The molecule has 2 fully saturated rings. The second-order valence-corrected chi connectivity index (χ2v) is 11.0. The van der Waals surface area contributed by atoms with Crippen molar-refractivity contribution in [3.8, 4) is 0 Å². The Morgan fingerprint density at radius 1 is 1.00 bits per heavy atom. The Labute approximate surface area is 216 Å². The summed E-state index contributed by atoms with van der Waals surface area (Å²) in [5.41, 5.74) is 1.48. The molecule has 1 amide bonds. The van der Waals surface area contributed by atoms with Crippen molar-refractivity contribution in [3.05, 3.63) is 58.6 Å². The lowest BCUT2D eigenvalue weighted by Crippen LogP contribution is -2.40. The number of esters is 1. The molecular weight excluding hydrogens is 506 g/mol. The number of halogens is 1. The zero-order valence-corrected chi connectivity index (χ0v) is 21.5. The van der Waals surface area contributed by atoms with Gasteiger partial charge in [0.05, 0.1) is 29.4 Å². The lowest BCUT2D eigenvalue weighted by Gasteiger charge is -2.31. The maximum absolute atomic E-state index is 13.2. The molecule has 2 aromatic carbocycles. The van der Waals surface area contributed by atoms with Crippen LogP contribution in [0.5, 0.6) is 0 Å². The molecule has 0 atom stereocenters. The zero-order valence-electron chi connectivity index (χ0n) is 19.9. The molecule has 1 N–H and O–H groups in total. The van der Waals surface area contributed by atoms with Crippen LogP contribution in [0.25, 0.3) is 0 Å². The molecule has 2 aromatic rings. The fourth-order valence-electron chi connectivity index (χ4n) is 4.28. The van der Waals surface area contributed by atoms with Gasteiger partial charge in [0.15, 0.2) is 6.61 Å². The van der Waals surface area contributed by atoms with Gasteiger partial charge < -0.3 is 19.7 Å². The highest BCUT2D eigenvalue weighted by molar-refractivity contribution is 7.89. The molecule has 0 aromatic heterocycles. The lowest BCUT2D eigenvalue weighted by atomic mass is 10.1. The van der Waals surface area contributed by atoms with Gasteiger partial charge in [0.2, 0.25) is 10.0 Å². The standard InChI is InChI=1S/C25H30ClN3O6S/c26-22-7-3-2-6-19(22)17-27-24(30)18-35-25(31)21-16-20(36(32,33)29-12-14-34-15-13-29)8-9-23(21)28-10-4-1-5-11-28/h2-3,6-9,16H,1,4-5,10-15,17-18H2,(H,27,30). The summed E-state index contributed by atoms with van der Waals surface area (Å²) in [7, 11) is -3.80. The van der Waals surface area contributed by atoms with Gasteiger partial charge in [0.1, 0.15) is 0 Å². The van der Waals surface area contributed by atoms with E-state index in [1.165, 1.54) is 16.4 Å². The molecule has 0 saturated carbocycles. The van der Waals surface area contributed by atoms with E-state index in [1.54, 1.807) is 24.3 Å². The van der Waals surface area contributed by atoms with E-state index in [1.807, 2.05) is 6.07 Å². The largest absolute Gasteiger partial charge is 0.452 e. The molecular formula is C25H30ClN3O6S. The minimum atomic E-state index is -3.80. The van der Waals surface area contributed by atoms with Crippen molar-refractivity contribution < 1.29 is 27.5 Å². The van der Waals surface area contributed by atoms with Crippen LogP contribution in [0, 0.1) is 0 Å². The average molecular weight is 536 g/mol. The van der Waals surface area contributed by atoms with Gasteiger partial charge in [-0.2, -0.15) is 4.31 Å². The summed E-state index contributed by atoms with van der Waals surface area (Å²) in [6.07, 6.45) is 3.06. The predicted molar refractivity (Wildman–Crippen MR) is 136 cm³/mol. The van der Waals surface area contributed by atoms with Gasteiger partial charge in [-0.3, -0.25) is 4.79 Å². The average Bonchev–Trinajstić information content (AvgIpc) is 2.92. The van der Waals surface area contributed by atoms with Crippen molar-refractivity contribution in [3.63, 3.8) is 0 Å². The minimum absolute atomic E-state index is 0.0141. The molecule has 194 valence electrons. The first kappa shape index (κ1) is 26.4. The van der Waals surface area contributed by atoms with E-state index in [9.17, 15) is 18.0 Å². The first-order valence-electron chi connectivity index (χ1n) is 12.0. The van der Waals surface area contributed by atoms with Gasteiger partial charge in [-0.05, 0) is 49.1 Å². The summed E-state index contributed by atoms with van der Waals surface area (Å²) < 4.78 is 38.3. The number of benzene rings is 2. The Hall–Kier alpha value is -2.66. The summed E-state index contributed by atoms with van der Waals surface area (Å²) in [5, 5.41) is 3.20. The molecule has 2 aliphatic heterocycles. The van der Waals surface area contributed by atoms with Gasteiger partial charge >= 0.3 is 5.97 Å². The van der Waals surface area contributed by atoms with Gasteiger partial charge in [0, 0.05) is 37.7 Å². The number of morpholine rings is 1. The van der Waals surface area contributed by atoms with Crippen molar-refractivity contribution in [1.82, 2.24) is 9.62 Å². The maximum atomic E-state index is 13.2. The van der Waals surface area contributed by atoms with E-state index in [2.05, 4.69) is 10.2 Å². The number of anilines is 1. The van der Waals surface area contributed by atoms with Gasteiger partial charge in [-0.1, -0.05) is 29.8 Å². The number of hydrogen-bond donors (Lipinski definition) is 1. The zero-order chi connectivity index (χ0) is 25.5. The number of nitrogens with one attached hydrogen (secondary N) is 1. The van der Waals surface area contributed by atoms with Crippen LogP contribution < -0.4 is 10.2 Å². The summed E-state index contributed by atoms with van der Waals surface area (Å²) in [5.74, 6) is -1.23. The minimum Gasteiger partial charge on any atom is -0.452 e. The monoisotopic (exact) mass is 535 g/mol. The van der Waals surface area contributed by atoms with Crippen LogP contribution in [0.1, 0.15) is 35.2 Å². The molecule has 9 nitrogen and oxygen atoms in total. The van der Waals surface area contributed by atoms with E-state index in [4.69, 9.17) is 21.1 Å². The van der Waals surface area contributed by atoms with Crippen molar-refractivity contribution in [2.75, 3.05) is 50.9 Å². The molecule has 0 unspecified atom stereocenters. The number of hydrogen-bond acceptors (Lipinski definition) is 7. The number of piperidine rings is 1. The highest BCUT2D eigenvalue weighted by atomic mass is 35.5. The Balaban J connectivity index is 1.50. The third-order valence-corrected chi connectivity index (χ3v) is 8.52. The number of rotatable bonds is 8. The van der Waals surface area contributed by atoms with Crippen LogP contribution in [0.3, 0.4) is 0 Å². The van der Waals surface area contributed by atoms with E-state index in [0.717, 1.165) is 37.9 Å². The highest BCUT2D eigenvalue weighted by Gasteiger charge is 2.29. The highest BCUT2D eigenvalue weighted by Crippen LogP contribution is 2.29. The van der Waals surface area contributed by atoms with E-state index in [-0.39, 0.29) is 30.1 Å². The Bertz CT molecular complexity index is 1190. The molecule has 2 saturated heterocycles. The predicted octanol–water partition coefficient (Wildman–Crippen LogP) is 2.82. The van der Waals surface area contributed by atoms with E-state index >= 15 is 0 Å². The van der Waals surface area contributed by atoms with Gasteiger partial charge in [-0.25, -0.2) is 13.2 Å². The number of nitrogens with zero attached hydrogens (tertiary/aromatic N) is 2. The lowest BCUT2D eigenvalue weighted by molar-refractivity contribution is -0.124. The number of carbonyl (C=O) groups is 2. The molecule has 0 bridgehead atoms. The molecule has 0 spiro atoms. The van der Waals surface area contributed by atoms with E-state index in [0.29, 0.717) is 23.9 Å². The molecule has 0 aliphatic carbocycles. The molecule has 2 heterocycles. The normalized spacial score (nSPS) is 17.0. The molecule has 11 heteroatoms. The second-order valence-electron chi connectivity index (χ2n) is 8.69. The quantitative estimate of drug-likeness (QED) is 0.518. The second kappa shape index (κ2) is 12.1. The molecule has 4 rings (SSSR count). The summed E-state index contributed by atoms with van der Waals surface area (Å²) in [6, 6.07) is 11.7. The van der Waals surface area contributed by atoms with Crippen LogP contribution >= 0.6 is 11.6 Å². The smallest absolute Gasteiger partial charge is 0.340 e. The van der Waals surface area contributed by atoms with Crippen molar-refractivity contribution >= 4 is 39.2 Å². The molecule has 0 radical (unpaired) electrons. The molecule has 2 aliphatic rings. The topological polar surface area (TPSA) is 105 Å². The number of sulfonamides is 1. The van der Waals surface area contributed by atoms with Crippen molar-refractivity contribution in [1.29, 1.82) is 0 Å². The van der Waals surface area contributed by atoms with Crippen LogP contribution in [0.15, 0.2) is 47.4 Å². The van der Waals surface area contributed by atoms with E-state index < -0.39 is 28.5 Å². The van der Waals surface area contributed by atoms with Crippen LogP contribution in [-0.2, 0) is 30.8 Å². The third-order valence-electron chi connectivity index (χ3n) is 6.26. The third kappa shape index (κ3) is 6.36. The summed E-state index contributed by atoms with van der Waals surface area (Å²) in [6.45, 7) is 2.36. The van der Waals surface area contributed by atoms with Crippen LogP contribution in [0.4, 0.5) is 5.69 Å². The van der Waals surface area contributed by atoms with Crippen LogP contribution in [0.2, 0.25) is 5.02 Å². The van der Waals surface area contributed by atoms with Crippen molar-refractivity contribution in [2.24, 2.45) is 0 Å². The Morgan fingerprint density at radius 3 is 2.44 bits per heavy atom. The SMILES string of the molecule is O=C(COC(=O)c1cc(S(=O)(=O)N2CCOCC2)ccc1N1CCCCC1)NCc1ccccc1Cl. The first-order valence-corrected chi connectivity index (χ1v) is 13.8. The van der Waals surface area contributed by atoms with Gasteiger partial charge in [0.25, 0.3) is 5.91 Å². The fourth-order valence-corrected chi connectivity index (χ4v) is 5.92. The maximum Gasteiger partial charge on any atom is 0.340 e. The van der Waals surface area contributed by atoms with Gasteiger partial charge in [-0.15, -0.1) is 0 Å². The summed E-state index contributed by atoms with van der Waals surface area (Å²) >= 11 is 6.11. The fraction of sp³-hybridized carbons (Fsp3) is 0.440.